The number of hydrogen-bond acceptors (Lipinski definition) is 6. The minimum atomic E-state index is -4.40. The van der Waals surface area contributed by atoms with Crippen molar-refractivity contribution in [2.45, 2.75) is 18.7 Å². The molecule has 33 heavy (non-hydrogen) atoms. The van der Waals surface area contributed by atoms with E-state index in [0.29, 0.717) is 47.4 Å². The number of anilines is 1. The van der Waals surface area contributed by atoms with Crippen molar-refractivity contribution in [2.75, 3.05) is 18.8 Å². The Labute approximate surface area is 185 Å². The molecule has 1 amide bonds. The van der Waals surface area contributed by atoms with Gasteiger partial charge in [0.05, 0.1) is 40.9 Å². The number of ether oxygens (including phenoxy) is 1. The largest absolute Gasteiger partial charge is 0.489 e. The number of alkyl halides is 3. The number of nitrogen functional groups attached to an aromatic ring is 1. The van der Waals surface area contributed by atoms with Crippen molar-refractivity contribution in [1.82, 2.24) is 24.6 Å². The minimum absolute atomic E-state index is 0.256. The van der Waals surface area contributed by atoms with Crippen LogP contribution in [0.3, 0.4) is 0 Å². The summed E-state index contributed by atoms with van der Waals surface area (Å²) in [6.07, 6.45) is -1.02. The smallest absolute Gasteiger partial charge is 0.416 e. The summed E-state index contributed by atoms with van der Waals surface area (Å²) < 4.78 is 45.6. The second kappa shape index (κ2) is 7.61. The second-order valence-corrected chi connectivity index (χ2v) is 7.92. The number of fused-ring (bicyclic) bond motifs is 3. The van der Waals surface area contributed by atoms with E-state index >= 15 is 0 Å². The average molecular weight is 456 g/mol. The highest BCUT2D eigenvalue weighted by atomic mass is 19.4. The molecule has 5 rings (SSSR count). The van der Waals surface area contributed by atoms with E-state index in [9.17, 15) is 18.0 Å². The zero-order valence-corrected chi connectivity index (χ0v) is 17.5. The summed E-state index contributed by atoms with van der Waals surface area (Å²) in [4.78, 5) is 23.3. The maximum absolute atomic E-state index is 13.1. The Morgan fingerprint density at radius 3 is 2.67 bits per heavy atom. The Balaban J connectivity index is 1.33. The van der Waals surface area contributed by atoms with E-state index in [-0.39, 0.29) is 17.7 Å². The lowest BCUT2D eigenvalue weighted by Gasteiger charge is -2.17. The van der Waals surface area contributed by atoms with E-state index in [1.807, 2.05) is 0 Å². The quantitative estimate of drug-likeness (QED) is 0.507. The van der Waals surface area contributed by atoms with Crippen LogP contribution in [0.25, 0.3) is 21.8 Å². The fraction of sp³-hybridized carbons (Fsp3) is 0.273. The van der Waals surface area contributed by atoms with E-state index in [0.717, 1.165) is 17.6 Å². The number of benzene rings is 1. The van der Waals surface area contributed by atoms with Crippen LogP contribution in [0.1, 0.15) is 22.5 Å². The monoisotopic (exact) mass is 456 g/mol. The van der Waals surface area contributed by atoms with Crippen LogP contribution in [-0.4, -0.2) is 49.7 Å². The maximum atomic E-state index is 13.1. The first kappa shape index (κ1) is 21.0. The van der Waals surface area contributed by atoms with Crippen molar-refractivity contribution in [3.63, 3.8) is 0 Å². The number of rotatable bonds is 3. The molecule has 3 aromatic heterocycles. The Hall–Kier alpha value is -3.89. The van der Waals surface area contributed by atoms with Crippen LogP contribution >= 0.6 is 0 Å². The fourth-order valence-corrected chi connectivity index (χ4v) is 4.06. The molecule has 1 saturated heterocycles. The molecule has 0 aliphatic carbocycles. The highest BCUT2D eigenvalue weighted by Crippen LogP contribution is 2.31. The highest BCUT2D eigenvalue weighted by molar-refractivity contribution is 6.09. The lowest BCUT2D eigenvalue weighted by Crippen LogP contribution is -2.31. The van der Waals surface area contributed by atoms with Crippen molar-refractivity contribution in [1.29, 1.82) is 0 Å². The molecule has 0 bridgehead atoms. The molecule has 1 aliphatic heterocycles. The summed E-state index contributed by atoms with van der Waals surface area (Å²) in [5.74, 6) is 0.408. The number of carbonyl (C=O) groups is 1. The van der Waals surface area contributed by atoms with E-state index in [1.165, 1.54) is 18.3 Å². The predicted octanol–water partition coefficient (Wildman–Crippen LogP) is 3.41. The van der Waals surface area contributed by atoms with Crippen LogP contribution < -0.4 is 10.5 Å². The molecule has 1 aromatic carbocycles. The molecule has 0 spiro atoms. The standard InChI is InChI=1S/C22H19F3N6O2/c1-30-19-15-8-17(27-10-18(15)29-20(26)16(19)9-28-30)21(32)31-7-6-14(11-31)33-13-4-2-12(3-5-13)22(23,24)25/h2-5,8-10,14H,6-7,11H2,1H3,(H2,26,29)/t14-/m1/s1. The Morgan fingerprint density at radius 1 is 1.18 bits per heavy atom. The first-order chi connectivity index (χ1) is 15.7. The van der Waals surface area contributed by atoms with E-state index < -0.39 is 11.7 Å². The van der Waals surface area contributed by atoms with Gasteiger partial charge in [0.1, 0.15) is 23.4 Å². The minimum Gasteiger partial charge on any atom is -0.489 e. The van der Waals surface area contributed by atoms with Crippen LogP contribution in [-0.2, 0) is 13.2 Å². The van der Waals surface area contributed by atoms with E-state index in [4.69, 9.17) is 10.5 Å². The summed E-state index contributed by atoms with van der Waals surface area (Å²) in [6, 6.07) is 6.21. The molecule has 1 fully saturated rings. The number of nitrogens with zero attached hydrogens (tertiary/aromatic N) is 5. The van der Waals surface area contributed by atoms with Crippen molar-refractivity contribution >= 4 is 33.5 Å². The molecule has 1 atom stereocenters. The number of aryl methyl sites for hydroxylation is 1. The highest BCUT2D eigenvalue weighted by Gasteiger charge is 2.31. The van der Waals surface area contributed by atoms with Gasteiger partial charge >= 0.3 is 6.18 Å². The van der Waals surface area contributed by atoms with Gasteiger partial charge in [-0.1, -0.05) is 0 Å². The van der Waals surface area contributed by atoms with Gasteiger partial charge in [-0.05, 0) is 30.3 Å². The predicted molar refractivity (Wildman–Crippen MR) is 115 cm³/mol. The summed E-state index contributed by atoms with van der Waals surface area (Å²) >= 11 is 0. The summed E-state index contributed by atoms with van der Waals surface area (Å²) in [5.41, 5.74) is 6.85. The lowest BCUT2D eigenvalue weighted by molar-refractivity contribution is -0.137. The maximum Gasteiger partial charge on any atom is 0.416 e. The van der Waals surface area contributed by atoms with Crippen LogP contribution in [0.5, 0.6) is 5.75 Å². The van der Waals surface area contributed by atoms with Gasteiger partial charge in [0, 0.05) is 25.4 Å². The van der Waals surface area contributed by atoms with Gasteiger partial charge in [-0.15, -0.1) is 0 Å². The van der Waals surface area contributed by atoms with Gasteiger partial charge in [0.15, 0.2) is 0 Å². The number of halogens is 3. The third-order valence-electron chi connectivity index (χ3n) is 5.73. The number of aromatic nitrogens is 4. The molecule has 0 radical (unpaired) electrons. The molecule has 170 valence electrons. The molecular weight excluding hydrogens is 437 g/mol. The summed E-state index contributed by atoms with van der Waals surface area (Å²) in [5, 5.41) is 5.64. The molecule has 1 aliphatic rings. The fourth-order valence-electron chi connectivity index (χ4n) is 4.06. The third kappa shape index (κ3) is 3.79. The lowest BCUT2D eigenvalue weighted by atomic mass is 10.1. The molecule has 0 unspecified atom stereocenters. The summed E-state index contributed by atoms with van der Waals surface area (Å²) in [7, 11) is 1.78. The van der Waals surface area contributed by atoms with Crippen molar-refractivity contribution in [3.05, 3.63) is 54.0 Å². The van der Waals surface area contributed by atoms with Crippen LogP contribution in [0.2, 0.25) is 0 Å². The Bertz CT molecular complexity index is 1370. The van der Waals surface area contributed by atoms with Gasteiger partial charge < -0.3 is 15.4 Å². The van der Waals surface area contributed by atoms with E-state index in [2.05, 4.69) is 15.1 Å². The molecule has 11 heteroatoms. The first-order valence-electron chi connectivity index (χ1n) is 10.2. The van der Waals surface area contributed by atoms with E-state index in [1.54, 1.807) is 28.9 Å². The van der Waals surface area contributed by atoms with Gasteiger partial charge in [0.2, 0.25) is 0 Å². The molecule has 2 N–H and O–H groups in total. The topological polar surface area (TPSA) is 99.2 Å². The van der Waals surface area contributed by atoms with Crippen LogP contribution in [0.4, 0.5) is 19.0 Å². The average Bonchev–Trinajstić information content (AvgIpc) is 3.40. The molecular formula is C22H19F3N6O2. The normalized spacial score (nSPS) is 16.6. The molecule has 4 aromatic rings. The van der Waals surface area contributed by atoms with Crippen molar-refractivity contribution in [3.8, 4) is 5.75 Å². The SMILES string of the molecule is Cn1ncc2c(N)nc3cnc(C(=O)N4CC[C@@H](Oc5ccc(C(F)(F)F)cc5)C4)cc3c21. The third-order valence-corrected chi connectivity index (χ3v) is 5.73. The number of pyridine rings is 2. The van der Waals surface area contributed by atoms with Gasteiger partial charge in [0.25, 0.3) is 5.91 Å². The summed E-state index contributed by atoms with van der Waals surface area (Å²) in [6.45, 7) is 0.756. The van der Waals surface area contributed by atoms with Crippen LogP contribution in [0.15, 0.2) is 42.7 Å². The zero-order valence-electron chi connectivity index (χ0n) is 17.5. The number of nitrogens with two attached hydrogens (primary N) is 1. The number of amides is 1. The van der Waals surface area contributed by atoms with Gasteiger partial charge in [-0.25, -0.2) is 9.97 Å². The molecule has 4 heterocycles. The second-order valence-electron chi connectivity index (χ2n) is 7.92. The van der Waals surface area contributed by atoms with Crippen molar-refractivity contribution in [2.24, 2.45) is 7.05 Å². The number of carbonyl (C=O) groups excluding carboxylic acids is 1. The Kier molecular flexibility index (Phi) is 4.84. The van der Waals surface area contributed by atoms with Gasteiger partial charge in [-0.3, -0.25) is 9.48 Å². The van der Waals surface area contributed by atoms with Gasteiger partial charge in [-0.2, -0.15) is 18.3 Å². The number of likely N-dealkylation sites (tertiary alicyclic amines) is 1. The molecule has 8 nitrogen and oxygen atoms in total. The van der Waals surface area contributed by atoms with Crippen LogP contribution in [0, 0.1) is 0 Å². The Morgan fingerprint density at radius 2 is 1.94 bits per heavy atom. The number of hydrogen-bond donors (Lipinski definition) is 1. The zero-order chi connectivity index (χ0) is 23.3. The first-order valence-corrected chi connectivity index (χ1v) is 10.2. The molecule has 0 saturated carbocycles. The van der Waals surface area contributed by atoms with Crippen molar-refractivity contribution < 1.29 is 22.7 Å².